The molecule has 1 N–H and O–H groups in total. The van der Waals surface area contributed by atoms with Crippen LogP contribution in [0.2, 0.25) is 0 Å². The van der Waals surface area contributed by atoms with Gasteiger partial charge >= 0.3 is 0 Å². The van der Waals surface area contributed by atoms with E-state index in [1.165, 1.54) is 19.4 Å². The average Bonchev–Trinajstić information content (AvgIpc) is 3.31. The first kappa shape index (κ1) is 14.7. The van der Waals surface area contributed by atoms with Gasteiger partial charge in [-0.1, -0.05) is 6.92 Å². The Bertz CT molecular complexity index is 710. The summed E-state index contributed by atoms with van der Waals surface area (Å²) in [5, 5.41) is 0.932. The molecule has 0 aromatic carbocycles. The third-order valence-electron chi connectivity index (χ3n) is 5.51. The number of pyridine rings is 1. The van der Waals surface area contributed by atoms with Crippen molar-refractivity contribution in [3.05, 3.63) is 30.1 Å². The van der Waals surface area contributed by atoms with Gasteiger partial charge in [0.1, 0.15) is 5.65 Å². The lowest BCUT2D eigenvalue weighted by atomic mass is 10.0. The van der Waals surface area contributed by atoms with Gasteiger partial charge in [-0.2, -0.15) is 0 Å². The zero-order chi connectivity index (χ0) is 15.8. The van der Waals surface area contributed by atoms with Crippen LogP contribution in [0.15, 0.2) is 24.5 Å². The lowest BCUT2D eigenvalue weighted by molar-refractivity contribution is 0.0652. The monoisotopic (exact) mass is 312 g/mol. The summed E-state index contributed by atoms with van der Waals surface area (Å²) in [7, 11) is 0. The van der Waals surface area contributed by atoms with Crippen LogP contribution >= 0.6 is 0 Å². The van der Waals surface area contributed by atoms with Crippen LogP contribution < -0.4 is 0 Å². The number of hydrogen-bond acceptors (Lipinski definition) is 3. The van der Waals surface area contributed by atoms with E-state index >= 15 is 0 Å². The molecule has 0 bridgehead atoms. The van der Waals surface area contributed by atoms with Crippen LogP contribution in [0, 0.1) is 0 Å². The van der Waals surface area contributed by atoms with Crippen molar-refractivity contribution in [2.45, 2.75) is 44.7 Å². The topological polar surface area (TPSA) is 52.2 Å². The molecule has 0 spiro atoms. The van der Waals surface area contributed by atoms with Gasteiger partial charge in [0.2, 0.25) is 0 Å². The molecule has 2 aliphatic heterocycles. The van der Waals surface area contributed by atoms with Crippen molar-refractivity contribution in [3.8, 4) is 0 Å². The number of aromatic amines is 1. The number of hydrogen-bond donors (Lipinski definition) is 1. The van der Waals surface area contributed by atoms with Crippen molar-refractivity contribution < 1.29 is 4.79 Å². The predicted molar refractivity (Wildman–Crippen MR) is 90.4 cm³/mol. The summed E-state index contributed by atoms with van der Waals surface area (Å²) in [5.41, 5.74) is 1.56. The fourth-order valence-electron chi connectivity index (χ4n) is 4.41. The van der Waals surface area contributed by atoms with Crippen LogP contribution in [0.5, 0.6) is 0 Å². The van der Waals surface area contributed by atoms with Crippen LogP contribution in [0.1, 0.15) is 43.0 Å². The van der Waals surface area contributed by atoms with E-state index in [9.17, 15) is 4.79 Å². The molecule has 1 amide bonds. The molecule has 4 heterocycles. The molecule has 0 saturated carbocycles. The van der Waals surface area contributed by atoms with E-state index in [2.05, 4.69) is 26.7 Å². The highest BCUT2D eigenvalue weighted by Crippen LogP contribution is 2.31. The van der Waals surface area contributed by atoms with Crippen LogP contribution in [0.3, 0.4) is 0 Å². The van der Waals surface area contributed by atoms with E-state index < -0.39 is 0 Å². The van der Waals surface area contributed by atoms with E-state index in [1.54, 1.807) is 6.20 Å². The first-order valence-electron chi connectivity index (χ1n) is 8.76. The molecule has 2 aromatic rings. The standard InChI is InChI=1S/C18H24N4O/c1-2-21-10-4-7-15(21)16-8-5-11-22(16)18(23)14-12-20-17-13(14)6-3-9-19-17/h3,6,9,12,15-16H,2,4-5,7-8,10-11H2,1H3,(H,19,20). The van der Waals surface area contributed by atoms with E-state index in [0.29, 0.717) is 12.1 Å². The van der Waals surface area contributed by atoms with Gasteiger partial charge < -0.3 is 9.88 Å². The first-order valence-corrected chi connectivity index (χ1v) is 8.76. The molecule has 2 atom stereocenters. The van der Waals surface area contributed by atoms with Gasteiger partial charge in [-0.25, -0.2) is 4.98 Å². The fourth-order valence-corrected chi connectivity index (χ4v) is 4.41. The molecule has 0 aliphatic carbocycles. The SMILES string of the molecule is CCN1CCCC1C1CCCN1C(=O)c1c[nH]c2ncccc12. The Balaban J connectivity index is 1.62. The quantitative estimate of drug-likeness (QED) is 0.948. The van der Waals surface area contributed by atoms with E-state index in [-0.39, 0.29) is 5.91 Å². The molecule has 2 saturated heterocycles. The van der Waals surface area contributed by atoms with Gasteiger partial charge in [0, 0.05) is 36.4 Å². The number of carbonyl (C=O) groups is 1. The molecular weight excluding hydrogens is 288 g/mol. The van der Waals surface area contributed by atoms with Crippen molar-refractivity contribution in [2.75, 3.05) is 19.6 Å². The smallest absolute Gasteiger partial charge is 0.256 e. The second kappa shape index (κ2) is 5.96. The average molecular weight is 312 g/mol. The van der Waals surface area contributed by atoms with Gasteiger partial charge in [0.25, 0.3) is 5.91 Å². The Hall–Kier alpha value is -1.88. The van der Waals surface area contributed by atoms with E-state index in [4.69, 9.17) is 0 Å². The third-order valence-corrected chi connectivity index (χ3v) is 5.51. The highest BCUT2D eigenvalue weighted by Gasteiger charge is 2.39. The van der Waals surface area contributed by atoms with Crippen molar-refractivity contribution in [1.82, 2.24) is 19.8 Å². The minimum Gasteiger partial charge on any atom is -0.345 e. The van der Waals surface area contributed by atoms with Gasteiger partial charge in [-0.3, -0.25) is 9.69 Å². The van der Waals surface area contributed by atoms with E-state index in [0.717, 1.165) is 42.5 Å². The first-order chi connectivity index (χ1) is 11.3. The molecule has 23 heavy (non-hydrogen) atoms. The molecule has 5 heteroatoms. The van der Waals surface area contributed by atoms with Crippen molar-refractivity contribution in [2.24, 2.45) is 0 Å². The van der Waals surface area contributed by atoms with Crippen molar-refractivity contribution in [3.63, 3.8) is 0 Å². The Labute approximate surface area is 136 Å². The van der Waals surface area contributed by atoms with Crippen LogP contribution in [0.4, 0.5) is 0 Å². The number of rotatable bonds is 3. The number of aromatic nitrogens is 2. The Kier molecular flexibility index (Phi) is 3.81. The summed E-state index contributed by atoms with van der Waals surface area (Å²) < 4.78 is 0. The highest BCUT2D eigenvalue weighted by atomic mass is 16.2. The number of likely N-dealkylation sites (tertiary alicyclic amines) is 2. The summed E-state index contributed by atoms with van der Waals surface area (Å²) in [4.78, 5) is 25.2. The molecule has 4 rings (SSSR count). The number of fused-ring (bicyclic) bond motifs is 1. The summed E-state index contributed by atoms with van der Waals surface area (Å²) >= 11 is 0. The molecule has 122 valence electrons. The van der Waals surface area contributed by atoms with Gasteiger partial charge in [-0.05, 0) is 50.9 Å². The number of amides is 1. The van der Waals surface area contributed by atoms with Gasteiger partial charge in [-0.15, -0.1) is 0 Å². The molecule has 0 radical (unpaired) electrons. The molecule has 2 aromatic heterocycles. The second-order valence-corrected chi connectivity index (χ2v) is 6.65. The number of H-pyrrole nitrogens is 1. The maximum Gasteiger partial charge on any atom is 0.256 e. The maximum atomic E-state index is 13.1. The van der Waals surface area contributed by atoms with E-state index in [1.807, 2.05) is 18.3 Å². The minimum absolute atomic E-state index is 0.162. The van der Waals surface area contributed by atoms with Crippen LogP contribution in [0.25, 0.3) is 11.0 Å². The minimum atomic E-state index is 0.162. The molecule has 2 aliphatic rings. The van der Waals surface area contributed by atoms with Crippen molar-refractivity contribution >= 4 is 16.9 Å². The molecule has 2 unspecified atom stereocenters. The summed E-state index contributed by atoms with van der Waals surface area (Å²) in [5.74, 6) is 0.162. The lowest BCUT2D eigenvalue weighted by Gasteiger charge is -2.34. The van der Waals surface area contributed by atoms with Crippen molar-refractivity contribution in [1.29, 1.82) is 0 Å². The van der Waals surface area contributed by atoms with Crippen LogP contribution in [-0.2, 0) is 0 Å². The van der Waals surface area contributed by atoms with Gasteiger partial charge in [0.05, 0.1) is 5.56 Å². The summed E-state index contributed by atoms with van der Waals surface area (Å²) in [6.45, 7) is 5.37. The number of nitrogens with one attached hydrogen (secondary N) is 1. The highest BCUT2D eigenvalue weighted by molar-refractivity contribution is 6.06. The van der Waals surface area contributed by atoms with Crippen LogP contribution in [-0.4, -0.2) is 57.4 Å². The Morgan fingerprint density at radius 1 is 1.30 bits per heavy atom. The predicted octanol–water partition coefficient (Wildman–Crippen LogP) is 2.65. The zero-order valence-electron chi connectivity index (χ0n) is 13.7. The van der Waals surface area contributed by atoms with Gasteiger partial charge in [0.15, 0.2) is 0 Å². The molecular formula is C18H24N4O. The summed E-state index contributed by atoms with van der Waals surface area (Å²) in [6, 6.07) is 4.77. The number of likely N-dealkylation sites (N-methyl/N-ethyl adjacent to an activating group) is 1. The fraction of sp³-hybridized carbons (Fsp3) is 0.556. The normalized spacial score (nSPS) is 25.5. The second-order valence-electron chi connectivity index (χ2n) is 6.65. The lowest BCUT2D eigenvalue weighted by Crippen LogP contribution is -2.48. The maximum absolute atomic E-state index is 13.1. The molecule has 5 nitrogen and oxygen atoms in total. The zero-order valence-corrected chi connectivity index (χ0v) is 13.7. The third kappa shape index (κ3) is 2.43. The largest absolute Gasteiger partial charge is 0.345 e. The number of nitrogens with zero attached hydrogens (tertiary/aromatic N) is 3. The Morgan fingerprint density at radius 2 is 2.13 bits per heavy atom. The Morgan fingerprint density at radius 3 is 3.00 bits per heavy atom. The molecule has 2 fully saturated rings. The summed E-state index contributed by atoms with van der Waals surface area (Å²) in [6.07, 6.45) is 8.30. The number of carbonyl (C=O) groups excluding carboxylic acids is 1.